The molecule has 1 aromatic heterocycles. The van der Waals surface area contributed by atoms with Gasteiger partial charge in [0, 0.05) is 23.3 Å². The Morgan fingerprint density at radius 2 is 2.17 bits per heavy atom. The molecule has 0 unspecified atom stereocenters. The van der Waals surface area contributed by atoms with Gasteiger partial charge in [0.2, 0.25) is 0 Å². The number of aryl methyl sites for hydroxylation is 1. The second-order valence-corrected chi connectivity index (χ2v) is 6.11. The standard InChI is InChI=1S/C16H20ClFN4S/c1-3-4-7-19-16(23)20-15-8-11(2)22(21-15)10-12-5-6-13(18)9-14(12)17/h5-6,8-9H,3-4,7,10H2,1-2H3,(H2,19,20,21,23). The fourth-order valence-corrected chi connectivity index (χ4v) is 2.52. The highest BCUT2D eigenvalue weighted by molar-refractivity contribution is 7.80. The van der Waals surface area contributed by atoms with Gasteiger partial charge in [-0.05, 0) is 43.3 Å². The van der Waals surface area contributed by atoms with Crippen molar-refractivity contribution in [3.63, 3.8) is 0 Å². The lowest BCUT2D eigenvalue weighted by atomic mass is 10.2. The van der Waals surface area contributed by atoms with E-state index in [4.69, 9.17) is 23.8 Å². The first-order valence-corrected chi connectivity index (χ1v) is 8.31. The van der Waals surface area contributed by atoms with E-state index in [1.165, 1.54) is 12.1 Å². The molecule has 0 fully saturated rings. The number of nitrogens with one attached hydrogen (secondary N) is 2. The summed E-state index contributed by atoms with van der Waals surface area (Å²) < 4.78 is 14.9. The Hall–Kier alpha value is -1.66. The number of aromatic nitrogens is 2. The second-order valence-electron chi connectivity index (χ2n) is 5.30. The molecule has 124 valence electrons. The summed E-state index contributed by atoms with van der Waals surface area (Å²) in [6.45, 7) is 5.39. The number of unbranched alkanes of at least 4 members (excludes halogenated alkanes) is 1. The molecule has 0 bridgehead atoms. The molecule has 0 spiro atoms. The first kappa shape index (κ1) is 17.7. The number of thiocarbonyl (C=S) groups is 1. The molecule has 1 aromatic carbocycles. The predicted molar refractivity (Wildman–Crippen MR) is 96.6 cm³/mol. The van der Waals surface area contributed by atoms with Gasteiger partial charge in [0.25, 0.3) is 0 Å². The summed E-state index contributed by atoms with van der Waals surface area (Å²) in [4.78, 5) is 0. The third-order valence-electron chi connectivity index (χ3n) is 3.37. The summed E-state index contributed by atoms with van der Waals surface area (Å²) in [5, 5.41) is 11.6. The van der Waals surface area contributed by atoms with Gasteiger partial charge in [-0.2, -0.15) is 5.10 Å². The van der Waals surface area contributed by atoms with Crippen molar-refractivity contribution in [1.29, 1.82) is 0 Å². The molecule has 4 nitrogen and oxygen atoms in total. The SMILES string of the molecule is CCCCNC(=S)Nc1cc(C)n(Cc2ccc(F)cc2Cl)n1. The number of nitrogens with zero attached hydrogens (tertiary/aromatic N) is 2. The van der Waals surface area contributed by atoms with Crippen molar-refractivity contribution in [3.8, 4) is 0 Å². The lowest BCUT2D eigenvalue weighted by molar-refractivity contribution is 0.623. The summed E-state index contributed by atoms with van der Waals surface area (Å²) in [6.07, 6.45) is 2.18. The zero-order chi connectivity index (χ0) is 16.8. The van der Waals surface area contributed by atoms with Crippen LogP contribution in [0.5, 0.6) is 0 Å². The number of anilines is 1. The van der Waals surface area contributed by atoms with Crippen LogP contribution in [0.2, 0.25) is 5.02 Å². The summed E-state index contributed by atoms with van der Waals surface area (Å²) >= 11 is 11.3. The van der Waals surface area contributed by atoms with Gasteiger partial charge in [0.05, 0.1) is 6.54 Å². The lowest BCUT2D eigenvalue weighted by Crippen LogP contribution is -2.29. The van der Waals surface area contributed by atoms with Crippen molar-refractivity contribution >= 4 is 34.7 Å². The molecule has 2 aromatic rings. The Labute approximate surface area is 146 Å². The summed E-state index contributed by atoms with van der Waals surface area (Å²) in [5.41, 5.74) is 1.78. The molecule has 0 aliphatic heterocycles. The maximum atomic E-state index is 13.1. The zero-order valence-electron chi connectivity index (χ0n) is 13.2. The number of halogens is 2. The fraction of sp³-hybridized carbons (Fsp3) is 0.375. The minimum Gasteiger partial charge on any atom is -0.362 e. The predicted octanol–water partition coefficient (Wildman–Crippen LogP) is 4.12. The van der Waals surface area contributed by atoms with E-state index in [2.05, 4.69) is 22.7 Å². The maximum Gasteiger partial charge on any atom is 0.171 e. The quantitative estimate of drug-likeness (QED) is 0.605. The molecule has 0 amide bonds. The van der Waals surface area contributed by atoms with E-state index >= 15 is 0 Å². The fourth-order valence-electron chi connectivity index (χ4n) is 2.08. The van der Waals surface area contributed by atoms with E-state index < -0.39 is 0 Å². The Bertz CT molecular complexity index is 687. The number of benzene rings is 1. The third-order valence-corrected chi connectivity index (χ3v) is 3.97. The third kappa shape index (κ3) is 5.18. The number of rotatable bonds is 6. The van der Waals surface area contributed by atoms with Crippen molar-refractivity contribution in [2.75, 3.05) is 11.9 Å². The van der Waals surface area contributed by atoms with Gasteiger partial charge in [-0.15, -0.1) is 0 Å². The number of hydrogen-bond donors (Lipinski definition) is 2. The summed E-state index contributed by atoms with van der Waals surface area (Å²) in [5.74, 6) is 0.330. The molecule has 0 aliphatic carbocycles. The van der Waals surface area contributed by atoms with Crippen LogP contribution in [0.15, 0.2) is 24.3 Å². The molecule has 23 heavy (non-hydrogen) atoms. The van der Waals surface area contributed by atoms with Crippen LogP contribution in [0.25, 0.3) is 0 Å². The average Bonchev–Trinajstić information content (AvgIpc) is 2.82. The van der Waals surface area contributed by atoms with Crippen molar-refractivity contribution < 1.29 is 4.39 Å². The van der Waals surface area contributed by atoms with E-state index in [0.717, 1.165) is 30.6 Å². The molecule has 0 aliphatic rings. The summed E-state index contributed by atoms with van der Waals surface area (Å²) in [6, 6.07) is 6.28. The van der Waals surface area contributed by atoms with Crippen LogP contribution in [0.1, 0.15) is 31.0 Å². The van der Waals surface area contributed by atoms with Crippen LogP contribution in [0.4, 0.5) is 10.2 Å². The van der Waals surface area contributed by atoms with Crippen LogP contribution in [0, 0.1) is 12.7 Å². The molecule has 0 saturated carbocycles. The zero-order valence-corrected chi connectivity index (χ0v) is 14.8. The average molecular weight is 355 g/mol. The van der Waals surface area contributed by atoms with E-state index in [1.807, 2.05) is 13.0 Å². The molecule has 1 heterocycles. The molecule has 0 atom stereocenters. The maximum absolute atomic E-state index is 13.1. The van der Waals surface area contributed by atoms with Gasteiger partial charge < -0.3 is 10.6 Å². The van der Waals surface area contributed by atoms with Crippen LogP contribution < -0.4 is 10.6 Å². The highest BCUT2D eigenvalue weighted by Gasteiger charge is 2.09. The monoisotopic (exact) mass is 354 g/mol. The first-order chi connectivity index (χ1) is 11.0. The highest BCUT2D eigenvalue weighted by atomic mass is 35.5. The van der Waals surface area contributed by atoms with Crippen molar-refractivity contribution in [2.45, 2.75) is 33.2 Å². The molecular weight excluding hydrogens is 335 g/mol. The molecule has 2 N–H and O–H groups in total. The van der Waals surface area contributed by atoms with Gasteiger partial charge >= 0.3 is 0 Å². The topological polar surface area (TPSA) is 41.9 Å². The smallest absolute Gasteiger partial charge is 0.171 e. The van der Waals surface area contributed by atoms with E-state index in [1.54, 1.807) is 10.7 Å². The largest absolute Gasteiger partial charge is 0.362 e. The van der Waals surface area contributed by atoms with Gasteiger partial charge in [-0.3, -0.25) is 4.68 Å². The van der Waals surface area contributed by atoms with Crippen molar-refractivity contribution in [3.05, 3.63) is 46.4 Å². The van der Waals surface area contributed by atoms with E-state index in [9.17, 15) is 4.39 Å². The van der Waals surface area contributed by atoms with E-state index in [-0.39, 0.29) is 5.82 Å². The summed E-state index contributed by atoms with van der Waals surface area (Å²) in [7, 11) is 0. The number of hydrogen-bond acceptors (Lipinski definition) is 2. The molecule has 2 rings (SSSR count). The highest BCUT2D eigenvalue weighted by Crippen LogP contribution is 2.19. The molecule has 0 saturated heterocycles. The Kier molecular flexibility index (Phi) is 6.36. The first-order valence-electron chi connectivity index (χ1n) is 7.53. The minimum absolute atomic E-state index is 0.346. The molecule has 7 heteroatoms. The second kappa shape index (κ2) is 8.26. The normalized spacial score (nSPS) is 10.6. The van der Waals surface area contributed by atoms with Gasteiger partial charge in [-0.1, -0.05) is 31.0 Å². The van der Waals surface area contributed by atoms with Gasteiger partial charge in [0.1, 0.15) is 5.82 Å². The van der Waals surface area contributed by atoms with Gasteiger partial charge in [-0.25, -0.2) is 4.39 Å². The molecular formula is C16H20ClFN4S. The van der Waals surface area contributed by atoms with Crippen LogP contribution in [-0.4, -0.2) is 21.4 Å². The van der Waals surface area contributed by atoms with Gasteiger partial charge in [0.15, 0.2) is 10.9 Å². The van der Waals surface area contributed by atoms with E-state index in [0.29, 0.717) is 22.5 Å². The van der Waals surface area contributed by atoms with Crippen LogP contribution in [0.3, 0.4) is 0 Å². The van der Waals surface area contributed by atoms with Crippen LogP contribution >= 0.6 is 23.8 Å². The molecule has 0 radical (unpaired) electrons. The Balaban J connectivity index is 2.01. The minimum atomic E-state index is -0.346. The van der Waals surface area contributed by atoms with Crippen molar-refractivity contribution in [2.24, 2.45) is 0 Å². The Morgan fingerprint density at radius 3 is 2.87 bits per heavy atom. The van der Waals surface area contributed by atoms with Crippen molar-refractivity contribution in [1.82, 2.24) is 15.1 Å². The van der Waals surface area contributed by atoms with Crippen LogP contribution in [-0.2, 0) is 6.54 Å². The lowest BCUT2D eigenvalue weighted by Gasteiger charge is -2.08. The Morgan fingerprint density at radius 1 is 1.39 bits per heavy atom.